The average Bonchev–Trinajstić information content (AvgIpc) is 3.49. The van der Waals surface area contributed by atoms with Crippen LogP contribution >= 0.6 is 0 Å². The summed E-state index contributed by atoms with van der Waals surface area (Å²) in [6.07, 6.45) is 97.9. The Bertz CT molecular complexity index is 1700. The first-order chi connectivity index (χ1) is 41.0. The highest BCUT2D eigenvalue weighted by Crippen LogP contribution is 2.17. The molecule has 6 nitrogen and oxygen atoms in total. The quantitative estimate of drug-likeness (QED) is 0.0261. The van der Waals surface area contributed by atoms with Crippen molar-refractivity contribution in [2.24, 2.45) is 0 Å². The van der Waals surface area contributed by atoms with E-state index < -0.39 is 6.10 Å². The summed E-state index contributed by atoms with van der Waals surface area (Å²) in [6.45, 7) is 6.53. The van der Waals surface area contributed by atoms with Crippen LogP contribution in [0, 0.1) is 0 Å². The van der Waals surface area contributed by atoms with E-state index in [-0.39, 0.29) is 31.1 Å². The molecule has 0 aromatic heterocycles. The van der Waals surface area contributed by atoms with Crippen molar-refractivity contribution in [1.82, 2.24) is 0 Å². The van der Waals surface area contributed by atoms with E-state index in [4.69, 9.17) is 14.2 Å². The fourth-order valence-electron chi connectivity index (χ4n) is 9.73. The molecule has 0 amide bonds. The summed E-state index contributed by atoms with van der Waals surface area (Å²) < 4.78 is 16.9. The molecule has 0 saturated carbocycles. The van der Waals surface area contributed by atoms with E-state index in [0.717, 1.165) is 141 Å². The summed E-state index contributed by atoms with van der Waals surface area (Å²) in [5.41, 5.74) is 0. The van der Waals surface area contributed by atoms with Gasteiger partial charge in [-0.25, -0.2) is 0 Å². The topological polar surface area (TPSA) is 78.9 Å². The molecule has 474 valence electrons. The molecule has 0 aliphatic carbocycles. The van der Waals surface area contributed by atoms with Crippen LogP contribution < -0.4 is 0 Å². The molecule has 0 aliphatic heterocycles. The van der Waals surface area contributed by atoms with Crippen molar-refractivity contribution in [3.8, 4) is 0 Å². The molecule has 0 saturated heterocycles. The van der Waals surface area contributed by atoms with Gasteiger partial charge in [0.1, 0.15) is 13.2 Å². The van der Waals surface area contributed by atoms with Crippen molar-refractivity contribution in [3.63, 3.8) is 0 Å². The lowest BCUT2D eigenvalue weighted by Crippen LogP contribution is -2.30. The Morgan fingerprint density at radius 1 is 0.253 bits per heavy atom. The maximum absolute atomic E-state index is 12.9. The van der Waals surface area contributed by atoms with Crippen LogP contribution in [0.15, 0.2) is 122 Å². The summed E-state index contributed by atoms with van der Waals surface area (Å²) in [6, 6.07) is 0. The first kappa shape index (κ1) is 78.8. The second kappa shape index (κ2) is 70.3. The van der Waals surface area contributed by atoms with Gasteiger partial charge in [-0.05, 0) is 116 Å². The molecule has 0 heterocycles. The molecule has 1 unspecified atom stereocenters. The maximum Gasteiger partial charge on any atom is 0.306 e. The molecule has 0 radical (unpaired) electrons. The third kappa shape index (κ3) is 68.5. The number of rotatable bonds is 63. The monoisotopic (exact) mass is 1150 g/mol. The van der Waals surface area contributed by atoms with Gasteiger partial charge in [0.2, 0.25) is 0 Å². The van der Waals surface area contributed by atoms with E-state index in [2.05, 4.69) is 142 Å². The molecule has 0 spiro atoms. The van der Waals surface area contributed by atoms with Crippen molar-refractivity contribution in [2.75, 3.05) is 13.2 Å². The van der Waals surface area contributed by atoms with E-state index >= 15 is 0 Å². The minimum Gasteiger partial charge on any atom is -0.462 e. The summed E-state index contributed by atoms with van der Waals surface area (Å²) in [5, 5.41) is 0. The average molecular weight is 1150 g/mol. The van der Waals surface area contributed by atoms with Crippen LogP contribution in [0.2, 0.25) is 0 Å². The van der Waals surface area contributed by atoms with Crippen LogP contribution in [0.3, 0.4) is 0 Å². The van der Waals surface area contributed by atoms with Crippen LogP contribution in [0.4, 0.5) is 0 Å². The Balaban J connectivity index is 4.34. The fourth-order valence-corrected chi connectivity index (χ4v) is 9.73. The Labute approximate surface area is 513 Å². The van der Waals surface area contributed by atoms with Crippen molar-refractivity contribution in [2.45, 2.75) is 335 Å². The SMILES string of the molecule is CC/C=C\C/C=C\C/C=C\C/C=C\C/C=C\C/C=C\C/C=C\C/C=C\C/C=C\CCCCCCCC(=O)OCC(COC(=O)CCCCCCC/C=C\CCCCCCC)OC(=O)CCCCCCCCCCCCCCCCCCCC. The van der Waals surface area contributed by atoms with Gasteiger partial charge in [-0.15, -0.1) is 0 Å². The Hall–Kier alpha value is -4.19. The molecule has 0 bridgehead atoms. The minimum atomic E-state index is -0.791. The lowest BCUT2D eigenvalue weighted by atomic mass is 10.0. The molecule has 0 aromatic carbocycles. The van der Waals surface area contributed by atoms with Gasteiger partial charge in [0, 0.05) is 19.3 Å². The lowest BCUT2D eigenvalue weighted by molar-refractivity contribution is -0.167. The van der Waals surface area contributed by atoms with E-state index in [0.29, 0.717) is 19.3 Å². The number of esters is 3. The van der Waals surface area contributed by atoms with Gasteiger partial charge in [0.05, 0.1) is 0 Å². The second-order valence-electron chi connectivity index (χ2n) is 23.1. The van der Waals surface area contributed by atoms with Gasteiger partial charge >= 0.3 is 17.9 Å². The molecule has 6 heteroatoms. The van der Waals surface area contributed by atoms with Gasteiger partial charge < -0.3 is 14.2 Å². The molecule has 83 heavy (non-hydrogen) atoms. The lowest BCUT2D eigenvalue weighted by Gasteiger charge is -2.18. The zero-order valence-corrected chi connectivity index (χ0v) is 54.4. The molecule has 0 rings (SSSR count). The maximum atomic E-state index is 12.9. The highest BCUT2D eigenvalue weighted by atomic mass is 16.6. The standard InChI is InChI=1S/C77H130O6/c1-4-7-10-13-16-19-22-25-28-30-32-33-34-35-36-37-38-39-40-41-42-43-44-45-46-48-49-52-55-58-61-64-67-70-76(79)82-73-74(72-81-75(78)69-66-63-60-57-54-51-27-24-21-18-15-12-9-6-3)83-77(80)71-68-65-62-59-56-53-50-47-31-29-26-23-20-17-14-11-8-5-2/h7,10,16,19,24-25,27-28,32-33,35-36,38-39,41-42,44-45,48-49,74H,4-6,8-9,11-15,17-18,20-23,26,29-31,34,37,40,43,46-47,50-73H2,1-3H3/b10-7-,19-16-,27-24-,28-25-,33-32-,36-35-,39-38-,42-41-,45-44-,49-48-. The Morgan fingerprint density at radius 2 is 0.470 bits per heavy atom. The summed E-state index contributed by atoms with van der Waals surface area (Å²) >= 11 is 0. The smallest absolute Gasteiger partial charge is 0.306 e. The van der Waals surface area contributed by atoms with Gasteiger partial charge in [-0.3, -0.25) is 14.4 Å². The van der Waals surface area contributed by atoms with Gasteiger partial charge in [-0.1, -0.05) is 316 Å². The first-order valence-corrected chi connectivity index (χ1v) is 35.0. The highest BCUT2D eigenvalue weighted by Gasteiger charge is 2.19. The Morgan fingerprint density at radius 3 is 0.747 bits per heavy atom. The number of carbonyl (C=O) groups excluding carboxylic acids is 3. The molecule has 1 atom stereocenters. The normalized spacial score (nSPS) is 12.9. The van der Waals surface area contributed by atoms with Crippen LogP contribution in [0.25, 0.3) is 0 Å². The zero-order valence-electron chi connectivity index (χ0n) is 54.4. The molecule has 0 aliphatic rings. The van der Waals surface area contributed by atoms with E-state index in [9.17, 15) is 14.4 Å². The summed E-state index contributed by atoms with van der Waals surface area (Å²) in [7, 11) is 0. The first-order valence-electron chi connectivity index (χ1n) is 35.0. The summed E-state index contributed by atoms with van der Waals surface area (Å²) in [5.74, 6) is -0.902. The van der Waals surface area contributed by atoms with Crippen LogP contribution in [-0.2, 0) is 28.6 Å². The molecule has 0 aromatic rings. The molecule has 0 fully saturated rings. The molecular formula is C77H130O6. The number of carbonyl (C=O) groups is 3. The number of hydrogen-bond donors (Lipinski definition) is 0. The fraction of sp³-hybridized carbons (Fsp3) is 0.701. The largest absolute Gasteiger partial charge is 0.462 e. The van der Waals surface area contributed by atoms with Crippen molar-refractivity contribution in [3.05, 3.63) is 122 Å². The van der Waals surface area contributed by atoms with Gasteiger partial charge in [0.15, 0.2) is 6.10 Å². The molecular weight excluding hydrogens is 1020 g/mol. The van der Waals surface area contributed by atoms with Gasteiger partial charge in [-0.2, -0.15) is 0 Å². The van der Waals surface area contributed by atoms with Crippen LogP contribution in [0.1, 0.15) is 329 Å². The zero-order chi connectivity index (χ0) is 59.9. The third-order valence-electron chi connectivity index (χ3n) is 15.0. The van der Waals surface area contributed by atoms with Gasteiger partial charge in [0.25, 0.3) is 0 Å². The van der Waals surface area contributed by atoms with Crippen molar-refractivity contribution < 1.29 is 28.6 Å². The van der Waals surface area contributed by atoms with E-state index in [1.807, 2.05) is 0 Å². The van der Waals surface area contributed by atoms with Crippen molar-refractivity contribution >= 4 is 17.9 Å². The third-order valence-corrected chi connectivity index (χ3v) is 15.0. The van der Waals surface area contributed by atoms with E-state index in [1.54, 1.807) is 0 Å². The Kier molecular flexibility index (Phi) is 66.7. The predicted octanol–water partition coefficient (Wildman–Crippen LogP) is 24.3. The predicted molar refractivity (Wildman–Crippen MR) is 362 cm³/mol. The number of hydrogen-bond acceptors (Lipinski definition) is 6. The number of allylic oxidation sites excluding steroid dienone is 20. The van der Waals surface area contributed by atoms with Crippen LogP contribution in [0.5, 0.6) is 0 Å². The number of ether oxygens (including phenoxy) is 3. The van der Waals surface area contributed by atoms with E-state index in [1.165, 1.54) is 148 Å². The highest BCUT2D eigenvalue weighted by molar-refractivity contribution is 5.71. The molecule has 0 N–H and O–H groups in total. The second-order valence-corrected chi connectivity index (χ2v) is 23.1. The van der Waals surface area contributed by atoms with Crippen molar-refractivity contribution in [1.29, 1.82) is 0 Å². The number of unbranched alkanes of at least 4 members (excludes halogenated alkanes) is 32. The van der Waals surface area contributed by atoms with Crippen LogP contribution in [-0.4, -0.2) is 37.2 Å². The minimum absolute atomic E-state index is 0.0870. The summed E-state index contributed by atoms with van der Waals surface area (Å²) in [4.78, 5) is 38.4.